The molecule has 2 aliphatic rings. The van der Waals surface area contributed by atoms with Gasteiger partial charge in [-0.2, -0.15) is 0 Å². The molecule has 0 saturated heterocycles. The van der Waals surface area contributed by atoms with Crippen molar-refractivity contribution >= 4 is 67.1 Å². The van der Waals surface area contributed by atoms with Gasteiger partial charge in [0.1, 0.15) is 11.1 Å². The molecule has 6 rings (SSSR count). The number of aromatic carboxylic acids is 1. The van der Waals surface area contributed by atoms with Gasteiger partial charge in [-0.25, -0.2) is 18.4 Å². The summed E-state index contributed by atoms with van der Waals surface area (Å²) in [5, 5.41) is 24.4. The Morgan fingerprint density at radius 1 is 0.745 bits per heavy atom. The number of rotatable bonds is 10. The van der Waals surface area contributed by atoms with Gasteiger partial charge in [-0.1, -0.05) is 7.43 Å². The van der Waals surface area contributed by atoms with Gasteiger partial charge in [-0.05, 0) is 49.9 Å². The average Bonchev–Trinajstić information content (AvgIpc) is 4.03. The van der Waals surface area contributed by atoms with Crippen molar-refractivity contribution in [1.82, 2.24) is 9.13 Å². The molecule has 22 heteroatoms. The summed E-state index contributed by atoms with van der Waals surface area (Å²) in [6.07, 6.45) is 5.82. The monoisotopic (exact) mass is 770 g/mol. The number of pyridine rings is 2. The summed E-state index contributed by atoms with van der Waals surface area (Å²) in [4.78, 5) is 71.0. The third kappa shape index (κ3) is 10.2. The number of halogens is 2. The SMILES string of the molecule is C.COc1c(F)ccc2c(=O)c(C(=O)O)cn(C3CC3)c12.COc1c(F)ccc2c(=O)c(C(=O)OB(OC(C)=O)OC(C)=O)cn(C3CC3)c12.O=BB(O)O. The number of benzene rings is 2. The number of carboxylic acids is 1. The number of hydrogen-bond acceptors (Lipinski definition) is 14. The predicted octanol–water partition coefficient (Wildman–Crippen LogP) is 2.58. The van der Waals surface area contributed by atoms with E-state index in [9.17, 15) is 37.5 Å². The Balaban J connectivity index is 0.000000271. The normalized spacial score (nSPS) is 12.7. The summed E-state index contributed by atoms with van der Waals surface area (Å²) in [6.45, 7) is 2.06. The van der Waals surface area contributed by atoms with E-state index in [4.69, 9.17) is 34.0 Å². The zero-order valence-corrected chi connectivity index (χ0v) is 29.1. The topological polar surface area (TPSA) is 236 Å². The van der Waals surface area contributed by atoms with Crippen molar-refractivity contribution in [3.63, 3.8) is 0 Å². The van der Waals surface area contributed by atoms with Crippen molar-refractivity contribution in [1.29, 1.82) is 0 Å². The third-order valence-electron chi connectivity index (χ3n) is 7.79. The van der Waals surface area contributed by atoms with E-state index in [1.54, 1.807) is 9.13 Å². The minimum atomic E-state index is -1.94. The van der Waals surface area contributed by atoms with Gasteiger partial charge >= 0.3 is 48.1 Å². The van der Waals surface area contributed by atoms with Crippen molar-refractivity contribution in [3.8, 4) is 11.5 Å². The van der Waals surface area contributed by atoms with Gasteiger partial charge in [0, 0.05) is 38.3 Å². The van der Waals surface area contributed by atoms with Gasteiger partial charge in [-0.3, -0.25) is 19.2 Å². The van der Waals surface area contributed by atoms with Crippen molar-refractivity contribution in [3.05, 3.63) is 79.9 Å². The molecule has 0 aliphatic heterocycles. The molecule has 2 aromatic carbocycles. The van der Waals surface area contributed by atoms with Crippen LogP contribution in [-0.2, 0) is 28.3 Å². The Labute approximate surface area is 311 Å². The van der Waals surface area contributed by atoms with Crippen molar-refractivity contribution in [2.45, 2.75) is 59.0 Å². The second-order valence-electron chi connectivity index (χ2n) is 11.7. The number of aromatic nitrogens is 2. The van der Waals surface area contributed by atoms with Crippen LogP contribution >= 0.6 is 0 Å². The van der Waals surface area contributed by atoms with E-state index >= 15 is 0 Å². The maximum absolute atomic E-state index is 14.2. The molecule has 0 radical (unpaired) electrons. The fourth-order valence-electron chi connectivity index (χ4n) is 5.25. The van der Waals surface area contributed by atoms with Crippen LogP contribution in [0.2, 0.25) is 0 Å². The Bertz CT molecular complexity index is 2240. The van der Waals surface area contributed by atoms with Crippen LogP contribution in [0.25, 0.3) is 21.8 Å². The first kappa shape index (κ1) is 43.5. The molecule has 3 N–H and O–H groups in total. The predicted molar refractivity (Wildman–Crippen MR) is 191 cm³/mol. The number of carboxylic acid groups (broad SMARTS) is 1. The first-order valence-electron chi connectivity index (χ1n) is 16.0. The zero-order chi connectivity index (χ0) is 40.0. The summed E-state index contributed by atoms with van der Waals surface area (Å²) in [7, 11) is -1.10. The van der Waals surface area contributed by atoms with Gasteiger partial charge in [0.15, 0.2) is 23.1 Å². The van der Waals surface area contributed by atoms with Crippen LogP contribution < -0.4 is 20.3 Å². The molecule has 55 heavy (non-hydrogen) atoms. The Morgan fingerprint density at radius 2 is 1.13 bits per heavy atom. The first-order valence-corrected chi connectivity index (χ1v) is 16.0. The second-order valence-corrected chi connectivity index (χ2v) is 11.7. The molecule has 4 aromatic rings. The number of ether oxygens (including phenoxy) is 2. The second kappa shape index (κ2) is 18.4. The van der Waals surface area contributed by atoms with E-state index in [0.29, 0.717) is 5.52 Å². The van der Waals surface area contributed by atoms with E-state index in [2.05, 4.69) is 9.31 Å². The number of hydrogen-bond donors (Lipinski definition) is 3. The van der Waals surface area contributed by atoms with Crippen LogP contribution in [0.15, 0.2) is 46.2 Å². The molecular weight excluding hydrogens is 735 g/mol. The zero-order valence-electron chi connectivity index (χ0n) is 29.1. The molecule has 0 bridgehead atoms. The van der Waals surface area contributed by atoms with Crippen LogP contribution in [0, 0.1) is 11.6 Å². The molecule has 290 valence electrons. The van der Waals surface area contributed by atoms with Crippen LogP contribution in [0.5, 0.6) is 11.5 Å². The fourth-order valence-corrected chi connectivity index (χ4v) is 5.25. The number of methoxy groups -OCH3 is 2. The van der Waals surface area contributed by atoms with Crippen LogP contribution in [0.4, 0.5) is 8.78 Å². The number of fused-ring (bicyclic) bond motifs is 2. The van der Waals surface area contributed by atoms with E-state index in [1.165, 1.54) is 38.7 Å². The molecule has 0 spiro atoms. The van der Waals surface area contributed by atoms with Crippen LogP contribution in [-0.4, -0.2) is 83.8 Å². The molecular formula is C33H35B3F2N2O15. The summed E-state index contributed by atoms with van der Waals surface area (Å²) >= 11 is 0. The van der Waals surface area contributed by atoms with Crippen molar-refractivity contribution in [2.75, 3.05) is 14.2 Å². The first-order chi connectivity index (χ1) is 25.5. The molecule has 0 atom stereocenters. The van der Waals surface area contributed by atoms with Gasteiger partial charge < -0.3 is 37.7 Å². The molecule has 2 fully saturated rings. The van der Waals surface area contributed by atoms with E-state index in [1.807, 2.05) is 0 Å². The number of carbonyl (C=O) groups excluding carboxylic acids is 3. The molecule has 2 heterocycles. The molecule has 17 nitrogen and oxygen atoms in total. The molecule has 2 aromatic heterocycles. The Kier molecular flexibility index (Phi) is 14.6. The van der Waals surface area contributed by atoms with E-state index in [-0.39, 0.29) is 65.5 Å². The summed E-state index contributed by atoms with van der Waals surface area (Å²) in [6, 6.07) is 4.78. The Morgan fingerprint density at radius 3 is 1.45 bits per heavy atom. The van der Waals surface area contributed by atoms with Crippen molar-refractivity contribution < 1.29 is 71.3 Å². The molecule has 0 amide bonds. The van der Waals surface area contributed by atoms with Gasteiger partial charge in [0.2, 0.25) is 10.9 Å². The van der Waals surface area contributed by atoms with E-state index < -0.39 is 60.7 Å². The average molecular weight is 770 g/mol. The minimum absolute atomic E-state index is 0. The summed E-state index contributed by atoms with van der Waals surface area (Å²) in [5.74, 6) is -5.52. The summed E-state index contributed by atoms with van der Waals surface area (Å²) < 4.78 is 64.5. The standard InChI is InChI=1S/C18H17BFNO8.C14H12FNO4.CH4.B2H2O3/c1-9(22)27-19(28-10(2)23)29-18(25)13-8-21(11-4-5-11)15-12(16(13)24)6-7-14(20)17(15)26-3;1-20-13-10(15)5-4-8-11(13)16(7-2-3-7)6-9(12(8)17)14(18)19;;3-1-2(4)5/h6-8,11H,4-5H2,1-3H3;4-7H,2-3H2,1H3,(H,18,19);1H4;4-5H. The maximum atomic E-state index is 14.2. The van der Waals surface area contributed by atoms with Gasteiger partial charge in [-0.15, -0.1) is 0 Å². The van der Waals surface area contributed by atoms with Gasteiger partial charge in [0.25, 0.3) is 11.9 Å². The number of carbonyl (C=O) groups is 4. The molecule has 2 saturated carbocycles. The van der Waals surface area contributed by atoms with Crippen LogP contribution in [0.1, 0.15) is 79.8 Å². The van der Waals surface area contributed by atoms with Crippen LogP contribution in [0.3, 0.4) is 0 Å². The number of nitrogens with zero attached hydrogens (tertiary/aromatic N) is 2. The molecule has 0 unspecified atom stereocenters. The quantitative estimate of drug-likeness (QED) is 0.197. The van der Waals surface area contributed by atoms with E-state index in [0.717, 1.165) is 51.7 Å². The van der Waals surface area contributed by atoms with Crippen molar-refractivity contribution in [2.24, 2.45) is 0 Å². The Hall–Kier alpha value is -5.89. The summed E-state index contributed by atoms with van der Waals surface area (Å²) in [5.41, 5.74) is -1.49. The fraction of sp³-hybridized carbons (Fsp3) is 0.333. The van der Waals surface area contributed by atoms with Gasteiger partial charge in [0.05, 0.1) is 36.0 Å². The molecule has 2 aliphatic carbocycles. The third-order valence-corrected chi connectivity index (χ3v) is 7.79.